The lowest BCUT2D eigenvalue weighted by Gasteiger charge is -2.17. The van der Waals surface area contributed by atoms with Gasteiger partial charge in [0.05, 0.1) is 17.7 Å². The minimum absolute atomic E-state index is 0.114. The topological polar surface area (TPSA) is 87.7 Å². The first-order chi connectivity index (χ1) is 17.8. The van der Waals surface area contributed by atoms with Gasteiger partial charge in [0.15, 0.2) is 0 Å². The molecule has 0 unspecified atom stereocenters. The number of halogens is 1. The summed E-state index contributed by atoms with van der Waals surface area (Å²) in [7, 11) is 1.58. The van der Waals surface area contributed by atoms with Crippen LogP contribution < -0.4 is 15.4 Å². The monoisotopic (exact) mass is 535 g/mol. The highest BCUT2D eigenvalue weighted by molar-refractivity contribution is 8.04. The molecule has 3 amide bonds. The Bertz CT molecular complexity index is 1370. The van der Waals surface area contributed by atoms with Crippen LogP contribution in [0.5, 0.6) is 5.75 Å². The molecule has 1 heterocycles. The third kappa shape index (κ3) is 6.15. The van der Waals surface area contributed by atoms with Crippen LogP contribution in [-0.4, -0.2) is 36.3 Å². The summed E-state index contributed by atoms with van der Waals surface area (Å²) in [6.45, 7) is 4.21. The molecule has 0 saturated heterocycles. The molecule has 0 fully saturated rings. The van der Waals surface area contributed by atoms with E-state index in [1.54, 1.807) is 73.8 Å². The summed E-state index contributed by atoms with van der Waals surface area (Å²) in [6, 6.07) is 21.0. The molecule has 0 aliphatic carbocycles. The molecular formula is C28H26ClN3O4S. The lowest BCUT2D eigenvalue weighted by molar-refractivity contribution is -0.137. The van der Waals surface area contributed by atoms with Gasteiger partial charge in [-0.05, 0) is 60.5 Å². The number of methoxy groups -OCH3 is 1. The maximum Gasteiger partial charge on any atom is 0.278 e. The van der Waals surface area contributed by atoms with Crippen molar-refractivity contribution in [3.8, 4) is 5.75 Å². The number of rotatable bonds is 9. The van der Waals surface area contributed by atoms with E-state index in [9.17, 15) is 14.4 Å². The maximum absolute atomic E-state index is 13.3. The van der Waals surface area contributed by atoms with Gasteiger partial charge < -0.3 is 15.4 Å². The van der Waals surface area contributed by atoms with Gasteiger partial charge in [0.2, 0.25) is 0 Å². The minimum Gasteiger partial charge on any atom is -0.497 e. The number of anilines is 2. The number of benzene rings is 3. The number of imide groups is 1. The molecule has 2 N–H and O–H groups in total. The molecule has 3 aromatic rings. The zero-order valence-electron chi connectivity index (χ0n) is 20.6. The number of carbonyl (C=O) groups excluding carboxylic acids is 3. The second kappa shape index (κ2) is 11.5. The number of amides is 3. The average Bonchev–Trinajstić information content (AvgIpc) is 3.08. The average molecular weight is 536 g/mol. The molecule has 4 rings (SSSR count). The van der Waals surface area contributed by atoms with Crippen molar-refractivity contribution in [1.82, 2.24) is 4.90 Å². The third-order valence-corrected chi connectivity index (χ3v) is 6.86. The second-order valence-electron chi connectivity index (χ2n) is 8.74. The van der Waals surface area contributed by atoms with Crippen LogP contribution >= 0.6 is 23.4 Å². The SMILES string of the molecule is COc1ccc(NC2=C(Sc3cccc(NC(=O)c4ccccc4Cl)c3)C(=O)N(CC(C)C)C2=O)cc1. The minimum atomic E-state index is -0.375. The van der Waals surface area contributed by atoms with Crippen molar-refractivity contribution in [3.63, 3.8) is 0 Å². The molecule has 0 bridgehead atoms. The van der Waals surface area contributed by atoms with Gasteiger partial charge in [-0.15, -0.1) is 0 Å². The second-order valence-corrected chi connectivity index (χ2v) is 10.2. The normalized spacial score (nSPS) is 13.4. The highest BCUT2D eigenvalue weighted by atomic mass is 35.5. The highest BCUT2D eigenvalue weighted by Gasteiger charge is 2.39. The van der Waals surface area contributed by atoms with Crippen LogP contribution in [0.15, 0.2) is 88.3 Å². The molecule has 0 saturated carbocycles. The first-order valence-corrected chi connectivity index (χ1v) is 12.8. The lowest BCUT2D eigenvalue weighted by atomic mass is 10.2. The number of thioether (sulfide) groups is 1. The summed E-state index contributed by atoms with van der Waals surface area (Å²) in [4.78, 5) is 41.5. The Morgan fingerprint density at radius 3 is 2.38 bits per heavy atom. The van der Waals surface area contributed by atoms with Crippen molar-refractivity contribution in [2.45, 2.75) is 18.7 Å². The molecule has 0 spiro atoms. The van der Waals surface area contributed by atoms with E-state index in [1.165, 1.54) is 16.7 Å². The predicted octanol–water partition coefficient (Wildman–Crippen LogP) is 6.04. The maximum atomic E-state index is 13.3. The van der Waals surface area contributed by atoms with Crippen molar-refractivity contribution in [3.05, 3.63) is 94.0 Å². The van der Waals surface area contributed by atoms with Gasteiger partial charge in [0.25, 0.3) is 17.7 Å². The van der Waals surface area contributed by atoms with E-state index in [-0.39, 0.29) is 34.2 Å². The van der Waals surface area contributed by atoms with Crippen LogP contribution in [-0.2, 0) is 9.59 Å². The quantitative estimate of drug-likeness (QED) is 0.325. The molecule has 190 valence electrons. The van der Waals surface area contributed by atoms with Crippen molar-refractivity contribution in [1.29, 1.82) is 0 Å². The number of nitrogens with one attached hydrogen (secondary N) is 2. The fourth-order valence-corrected chi connectivity index (χ4v) is 4.94. The summed E-state index contributed by atoms with van der Waals surface area (Å²) in [5.74, 6) is -0.280. The zero-order valence-corrected chi connectivity index (χ0v) is 22.2. The summed E-state index contributed by atoms with van der Waals surface area (Å²) < 4.78 is 5.20. The van der Waals surface area contributed by atoms with E-state index in [0.29, 0.717) is 39.2 Å². The van der Waals surface area contributed by atoms with E-state index in [4.69, 9.17) is 16.3 Å². The van der Waals surface area contributed by atoms with Crippen molar-refractivity contribution in [2.75, 3.05) is 24.3 Å². The molecule has 37 heavy (non-hydrogen) atoms. The Morgan fingerprint density at radius 2 is 1.70 bits per heavy atom. The molecule has 0 aromatic heterocycles. The van der Waals surface area contributed by atoms with Gasteiger partial charge in [0, 0.05) is 22.8 Å². The van der Waals surface area contributed by atoms with Crippen molar-refractivity contribution < 1.29 is 19.1 Å². The Morgan fingerprint density at radius 1 is 0.973 bits per heavy atom. The predicted molar refractivity (Wildman–Crippen MR) is 147 cm³/mol. The standard InChI is InChI=1S/C28H26ClN3O4S/c1-17(2)16-32-27(34)24(30-18-11-13-20(36-3)14-12-18)25(28(32)35)37-21-8-6-7-19(15-21)31-26(33)22-9-4-5-10-23(22)29/h4-15,17,30H,16H2,1-3H3,(H,31,33). The largest absolute Gasteiger partial charge is 0.497 e. The van der Waals surface area contributed by atoms with E-state index >= 15 is 0 Å². The first-order valence-electron chi connectivity index (χ1n) is 11.6. The van der Waals surface area contributed by atoms with Gasteiger partial charge in [0.1, 0.15) is 16.4 Å². The van der Waals surface area contributed by atoms with Crippen molar-refractivity contribution >= 4 is 52.5 Å². The number of hydrogen-bond donors (Lipinski definition) is 2. The zero-order chi connectivity index (χ0) is 26.5. The summed E-state index contributed by atoms with van der Waals surface area (Å²) in [6.07, 6.45) is 0. The van der Waals surface area contributed by atoms with E-state index in [0.717, 1.165) is 0 Å². The molecule has 7 nitrogen and oxygen atoms in total. The van der Waals surface area contributed by atoms with Crippen LogP contribution in [0.1, 0.15) is 24.2 Å². The Labute approximate surface area is 224 Å². The summed E-state index contributed by atoms with van der Waals surface area (Å²) in [5.41, 5.74) is 1.77. The van der Waals surface area contributed by atoms with E-state index in [1.807, 2.05) is 19.9 Å². The molecular weight excluding hydrogens is 510 g/mol. The van der Waals surface area contributed by atoms with Crippen LogP contribution in [0.25, 0.3) is 0 Å². The molecule has 0 radical (unpaired) electrons. The molecule has 3 aromatic carbocycles. The fraction of sp³-hybridized carbons (Fsp3) is 0.179. The van der Waals surface area contributed by atoms with Crippen LogP contribution in [0, 0.1) is 5.92 Å². The summed E-state index contributed by atoms with van der Waals surface area (Å²) >= 11 is 7.32. The van der Waals surface area contributed by atoms with E-state index < -0.39 is 0 Å². The number of carbonyl (C=O) groups is 3. The van der Waals surface area contributed by atoms with Gasteiger partial charge in [-0.1, -0.05) is 55.4 Å². The fourth-order valence-electron chi connectivity index (χ4n) is 3.71. The third-order valence-electron chi connectivity index (χ3n) is 5.46. The van der Waals surface area contributed by atoms with Gasteiger partial charge in [-0.2, -0.15) is 0 Å². The number of hydrogen-bond acceptors (Lipinski definition) is 6. The molecule has 1 aliphatic heterocycles. The van der Waals surface area contributed by atoms with Crippen LogP contribution in [0.3, 0.4) is 0 Å². The Kier molecular flexibility index (Phi) is 8.21. The van der Waals surface area contributed by atoms with Crippen molar-refractivity contribution in [2.24, 2.45) is 5.92 Å². The number of nitrogens with zero attached hydrogens (tertiary/aromatic N) is 1. The summed E-state index contributed by atoms with van der Waals surface area (Å²) in [5, 5.41) is 6.32. The van der Waals surface area contributed by atoms with Crippen LogP contribution in [0.2, 0.25) is 5.02 Å². The van der Waals surface area contributed by atoms with Gasteiger partial charge in [-0.3, -0.25) is 19.3 Å². The molecule has 1 aliphatic rings. The first kappa shape index (κ1) is 26.3. The van der Waals surface area contributed by atoms with Gasteiger partial charge in [-0.25, -0.2) is 0 Å². The van der Waals surface area contributed by atoms with Gasteiger partial charge >= 0.3 is 0 Å². The number of ether oxygens (including phenoxy) is 1. The Balaban J connectivity index is 1.61. The highest BCUT2D eigenvalue weighted by Crippen LogP contribution is 2.37. The van der Waals surface area contributed by atoms with Crippen LogP contribution in [0.4, 0.5) is 11.4 Å². The lowest BCUT2D eigenvalue weighted by Crippen LogP contribution is -2.35. The molecule has 9 heteroatoms. The Hall–Kier alpha value is -3.75. The molecule has 0 atom stereocenters. The smallest absolute Gasteiger partial charge is 0.278 e. The van der Waals surface area contributed by atoms with E-state index in [2.05, 4.69) is 10.6 Å².